The third-order valence-corrected chi connectivity index (χ3v) is 2.08. The van der Waals surface area contributed by atoms with E-state index in [1.165, 1.54) is 11.8 Å². The molecule has 0 aliphatic rings. The first kappa shape index (κ1) is 9.85. The Labute approximate surface area is 70.0 Å². The van der Waals surface area contributed by atoms with Crippen molar-refractivity contribution < 1.29 is 4.79 Å². The minimum atomic E-state index is 0.0166. The van der Waals surface area contributed by atoms with Crippen molar-refractivity contribution in [3.05, 3.63) is 11.6 Å². The van der Waals surface area contributed by atoms with E-state index in [0.29, 0.717) is 16.5 Å². The summed E-state index contributed by atoms with van der Waals surface area (Å²) >= 11 is 6.91. The third kappa shape index (κ3) is 5.98. The molecule has 0 radical (unpaired) electrons. The number of nitrogens with one attached hydrogen (secondary N) is 1. The normalized spacial score (nSPS) is 9.00. The summed E-state index contributed by atoms with van der Waals surface area (Å²) in [6, 6.07) is 0. The number of amides is 1. The minimum absolute atomic E-state index is 0.0166. The molecule has 0 spiro atoms. The number of carbonyl (C=O) groups is 1. The minimum Gasteiger partial charge on any atom is -0.358 e. The lowest BCUT2D eigenvalue weighted by atomic mass is 10.7. The highest BCUT2D eigenvalue weighted by atomic mass is 35.5. The second-order valence-electron chi connectivity index (χ2n) is 1.68. The molecule has 0 rings (SSSR count). The predicted octanol–water partition coefficient (Wildman–Crippen LogP) is 1.22. The van der Waals surface area contributed by atoms with Crippen molar-refractivity contribution in [1.82, 2.24) is 5.32 Å². The van der Waals surface area contributed by atoms with Gasteiger partial charge in [-0.15, -0.1) is 11.8 Å². The molecule has 0 aliphatic carbocycles. The molecule has 10 heavy (non-hydrogen) atoms. The molecule has 0 unspecified atom stereocenters. The number of hydrogen-bond acceptors (Lipinski definition) is 2. The van der Waals surface area contributed by atoms with E-state index in [0.717, 1.165) is 0 Å². The molecule has 0 aromatic carbocycles. The van der Waals surface area contributed by atoms with Gasteiger partial charge in [-0.25, -0.2) is 0 Å². The van der Waals surface area contributed by atoms with Crippen LogP contribution in [0.25, 0.3) is 0 Å². The Morgan fingerprint density at radius 1 is 1.70 bits per heavy atom. The van der Waals surface area contributed by atoms with Crippen LogP contribution < -0.4 is 5.32 Å². The maximum Gasteiger partial charge on any atom is 0.229 e. The lowest BCUT2D eigenvalue weighted by Crippen LogP contribution is -2.19. The Hall–Kier alpha value is -0.150. The lowest BCUT2D eigenvalue weighted by Gasteiger charge is -1.97. The second-order valence-corrected chi connectivity index (χ2v) is 3.20. The highest BCUT2D eigenvalue weighted by Crippen LogP contribution is 2.08. The molecule has 58 valence electrons. The molecule has 0 aliphatic heterocycles. The van der Waals surface area contributed by atoms with Crippen LogP contribution in [0.4, 0.5) is 0 Å². The zero-order valence-electron chi connectivity index (χ0n) is 5.82. The number of thioether (sulfide) groups is 1. The Morgan fingerprint density at radius 3 is 2.70 bits per heavy atom. The Kier molecular flexibility index (Phi) is 5.54. The SMILES string of the molecule is C=C(Cl)CSCC(=O)NC. The largest absolute Gasteiger partial charge is 0.358 e. The average molecular weight is 180 g/mol. The van der Waals surface area contributed by atoms with Crippen molar-refractivity contribution >= 4 is 29.3 Å². The summed E-state index contributed by atoms with van der Waals surface area (Å²) in [4.78, 5) is 10.6. The summed E-state index contributed by atoms with van der Waals surface area (Å²) in [5.74, 6) is 1.10. The first-order valence-corrected chi connectivity index (χ1v) is 4.31. The first-order valence-electron chi connectivity index (χ1n) is 2.78. The van der Waals surface area contributed by atoms with Crippen molar-refractivity contribution in [3.8, 4) is 0 Å². The first-order chi connectivity index (χ1) is 4.66. The summed E-state index contributed by atoms with van der Waals surface area (Å²) in [5.41, 5.74) is 0. The third-order valence-electron chi connectivity index (χ3n) is 0.771. The molecule has 1 amide bonds. The fraction of sp³-hybridized carbons (Fsp3) is 0.500. The molecule has 0 saturated carbocycles. The van der Waals surface area contributed by atoms with Gasteiger partial charge < -0.3 is 5.32 Å². The van der Waals surface area contributed by atoms with E-state index in [1.54, 1.807) is 7.05 Å². The van der Waals surface area contributed by atoms with E-state index >= 15 is 0 Å². The summed E-state index contributed by atoms with van der Waals surface area (Å²) in [6.45, 7) is 3.49. The van der Waals surface area contributed by atoms with E-state index in [-0.39, 0.29) is 5.91 Å². The molecule has 0 fully saturated rings. The standard InChI is InChI=1S/C6H10ClNOS/c1-5(7)3-10-4-6(9)8-2/h1,3-4H2,2H3,(H,8,9). The van der Waals surface area contributed by atoms with Gasteiger partial charge in [-0.05, 0) is 0 Å². The molecule has 0 saturated heterocycles. The highest BCUT2D eigenvalue weighted by molar-refractivity contribution is 8.00. The second kappa shape index (κ2) is 5.62. The smallest absolute Gasteiger partial charge is 0.229 e. The van der Waals surface area contributed by atoms with E-state index in [4.69, 9.17) is 11.6 Å². The van der Waals surface area contributed by atoms with Crippen LogP contribution in [0, 0.1) is 0 Å². The van der Waals surface area contributed by atoms with Crippen molar-refractivity contribution in [3.63, 3.8) is 0 Å². The van der Waals surface area contributed by atoms with Gasteiger partial charge in [-0.1, -0.05) is 18.2 Å². The van der Waals surface area contributed by atoms with Gasteiger partial charge in [-0.3, -0.25) is 4.79 Å². The number of rotatable bonds is 4. The summed E-state index contributed by atoms with van der Waals surface area (Å²) < 4.78 is 0. The highest BCUT2D eigenvalue weighted by Gasteiger charge is 1.96. The van der Waals surface area contributed by atoms with Gasteiger partial charge in [0.15, 0.2) is 0 Å². The van der Waals surface area contributed by atoms with Gasteiger partial charge in [0, 0.05) is 17.8 Å². The molecule has 0 aromatic heterocycles. The van der Waals surface area contributed by atoms with E-state index in [1.807, 2.05) is 0 Å². The Morgan fingerprint density at radius 2 is 2.30 bits per heavy atom. The van der Waals surface area contributed by atoms with Gasteiger partial charge in [0.2, 0.25) is 5.91 Å². The molecule has 4 heteroatoms. The maximum atomic E-state index is 10.6. The van der Waals surface area contributed by atoms with Crippen LogP contribution in [-0.4, -0.2) is 24.5 Å². The van der Waals surface area contributed by atoms with E-state index in [2.05, 4.69) is 11.9 Å². The number of carbonyl (C=O) groups excluding carboxylic acids is 1. The zero-order valence-corrected chi connectivity index (χ0v) is 7.39. The van der Waals surface area contributed by atoms with Gasteiger partial charge >= 0.3 is 0 Å². The van der Waals surface area contributed by atoms with Crippen LogP contribution in [0.15, 0.2) is 11.6 Å². The van der Waals surface area contributed by atoms with Crippen molar-refractivity contribution in [2.75, 3.05) is 18.6 Å². The van der Waals surface area contributed by atoms with Gasteiger partial charge in [-0.2, -0.15) is 0 Å². The van der Waals surface area contributed by atoms with Crippen LogP contribution >= 0.6 is 23.4 Å². The molecule has 1 N–H and O–H groups in total. The van der Waals surface area contributed by atoms with Gasteiger partial charge in [0.25, 0.3) is 0 Å². The fourth-order valence-corrected chi connectivity index (χ4v) is 1.21. The molecular formula is C6H10ClNOS. The number of halogens is 1. The molecular weight excluding hydrogens is 170 g/mol. The maximum absolute atomic E-state index is 10.6. The van der Waals surface area contributed by atoms with Crippen LogP contribution in [0.2, 0.25) is 0 Å². The van der Waals surface area contributed by atoms with Gasteiger partial charge in [0.05, 0.1) is 5.75 Å². The lowest BCUT2D eigenvalue weighted by molar-refractivity contribution is -0.118. The van der Waals surface area contributed by atoms with Crippen LogP contribution in [0.1, 0.15) is 0 Å². The predicted molar refractivity (Wildman–Crippen MR) is 46.4 cm³/mol. The molecule has 2 nitrogen and oxygen atoms in total. The van der Waals surface area contributed by atoms with E-state index < -0.39 is 0 Å². The van der Waals surface area contributed by atoms with E-state index in [9.17, 15) is 4.79 Å². The number of hydrogen-bond donors (Lipinski definition) is 1. The van der Waals surface area contributed by atoms with Gasteiger partial charge in [0.1, 0.15) is 0 Å². The average Bonchev–Trinajstić information content (AvgIpc) is 1.87. The van der Waals surface area contributed by atoms with Crippen LogP contribution in [0.5, 0.6) is 0 Å². The van der Waals surface area contributed by atoms with Crippen LogP contribution in [0.3, 0.4) is 0 Å². The fourth-order valence-electron chi connectivity index (χ4n) is 0.327. The topological polar surface area (TPSA) is 29.1 Å². The monoisotopic (exact) mass is 179 g/mol. The Balaban J connectivity index is 3.20. The molecule has 0 heterocycles. The van der Waals surface area contributed by atoms with Crippen LogP contribution in [-0.2, 0) is 4.79 Å². The summed E-state index contributed by atoms with van der Waals surface area (Å²) in [7, 11) is 1.61. The summed E-state index contributed by atoms with van der Waals surface area (Å²) in [5, 5.41) is 3.08. The molecule has 0 aromatic rings. The van der Waals surface area contributed by atoms with Crippen molar-refractivity contribution in [2.45, 2.75) is 0 Å². The molecule has 0 atom stereocenters. The summed E-state index contributed by atoms with van der Waals surface area (Å²) in [6.07, 6.45) is 0. The quantitative estimate of drug-likeness (QED) is 0.703. The van der Waals surface area contributed by atoms with Crippen molar-refractivity contribution in [1.29, 1.82) is 0 Å². The molecule has 0 bridgehead atoms. The zero-order chi connectivity index (χ0) is 7.98. The van der Waals surface area contributed by atoms with Crippen molar-refractivity contribution in [2.24, 2.45) is 0 Å². The Bertz CT molecular complexity index is 138.